The monoisotopic (exact) mass is 335 g/mol. The van der Waals surface area contributed by atoms with Crippen LogP contribution in [0, 0.1) is 0 Å². The van der Waals surface area contributed by atoms with Crippen molar-refractivity contribution in [2.75, 3.05) is 19.0 Å². The number of nitrogens with one attached hydrogen (secondary N) is 1. The van der Waals surface area contributed by atoms with E-state index in [1.54, 1.807) is 36.4 Å². The van der Waals surface area contributed by atoms with Gasteiger partial charge in [-0.05, 0) is 30.3 Å². The molecule has 1 amide bonds. The van der Waals surface area contributed by atoms with Gasteiger partial charge in [0.05, 0.1) is 17.8 Å². The maximum Gasteiger partial charge on any atom is 0.341 e. The van der Waals surface area contributed by atoms with Gasteiger partial charge in [0, 0.05) is 5.56 Å². The van der Waals surface area contributed by atoms with E-state index >= 15 is 0 Å². The summed E-state index contributed by atoms with van der Waals surface area (Å²) >= 11 is 6.00. The summed E-state index contributed by atoms with van der Waals surface area (Å²) in [5, 5.41) is 11.7. The van der Waals surface area contributed by atoms with Crippen LogP contribution in [-0.4, -0.2) is 30.7 Å². The van der Waals surface area contributed by atoms with E-state index in [0.717, 1.165) is 0 Å². The van der Waals surface area contributed by atoms with Gasteiger partial charge in [-0.2, -0.15) is 0 Å². The molecule has 0 unspecified atom stereocenters. The Labute approximate surface area is 137 Å². The first-order valence-corrected chi connectivity index (χ1v) is 6.97. The van der Waals surface area contributed by atoms with E-state index in [1.165, 1.54) is 13.2 Å². The number of rotatable bonds is 6. The number of aliphatic carboxylic acids is 1. The van der Waals surface area contributed by atoms with Gasteiger partial charge in [0.2, 0.25) is 0 Å². The van der Waals surface area contributed by atoms with Crippen molar-refractivity contribution in [1.29, 1.82) is 0 Å². The topological polar surface area (TPSA) is 84.9 Å². The normalized spacial score (nSPS) is 10.0. The number of methoxy groups -OCH3 is 1. The van der Waals surface area contributed by atoms with Crippen LogP contribution in [-0.2, 0) is 4.79 Å². The molecule has 0 saturated heterocycles. The van der Waals surface area contributed by atoms with Crippen LogP contribution in [0.2, 0.25) is 5.02 Å². The number of anilines is 1. The fraction of sp³-hybridized carbons (Fsp3) is 0.125. The van der Waals surface area contributed by atoms with Gasteiger partial charge in [0.1, 0.15) is 5.75 Å². The lowest BCUT2D eigenvalue weighted by molar-refractivity contribution is -0.139. The molecule has 0 fully saturated rings. The van der Waals surface area contributed by atoms with Crippen LogP contribution < -0.4 is 14.8 Å². The Hall–Kier alpha value is -2.73. The van der Waals surface area contributed by atoms with Gasteiger partial charge in [-0.1, -0.05) is 23.7 Å². The molecule has 7 heteroatoms. The van der Waals surface area contributed by atoms with Crippen molar-refractivity contribution in [3.8, 4) is 11.5 Å². The van der Waals surface area contributed by atoms with Gasteiger partial charge < -0.3 is 19.9 Å². The second-order valence-electron chi connectivity index (χ2n) is 4.49. The van der Waals surface area contributed by atoms with Crippen molar-refractivity contribution in [1.82, 2.24) is 0 Å². The second-order valence-corrected chi connectivity index (χ2v) is 4.89. The summed E-state index contributed by atoms with van der Waals surface area (Å²) in [7, 11) is 1.46. The van der Waals surface area contributed by atoms with Crippen LogP contribution in [0.25, 0.3) is 0 Å². The molecule has 0 saturated carbocycles. The molecule has 6 nitrogen and oxygen atoms in total. The lowest BCUT2D eigenvalue weighted by atomic mass is 10.2. The standard InChI is InChI=1S/C16H14ClNO5/c1-22-15-12(17)6-3-7-13(15)18-16(21)10-4-2-5-11(8-10)23-9-14(19)20/h2-8H,9H2,1H3,(H,18,21)(H,19,20). The van der Waals surface area contributed by atoms with Crippen molar-refractivity contribution < 1.29 is 24.2 Å². The molecule has 2 aromatic rings. The van der Waals surface area contributed by atoms with Gasteiger partial charge in [-0.15, -0.1) is 0 Å². The van der Waals surface area contributed by atoms with E-state index in [2.05, 4.69) is 5.32 Å². The minimum absolute atomic E-state index is 0.290. The van der Waals surface area contributed by atoms with E-state index in [0.29, 0.717) is 22.0 Å². The summed E-state index contributed by atoms with van der Waals surface area (Å²) < 4.78 is 10.2. The van der Waals surface area contributed by atoms with E-state index < -0.39 is 18.5 Å². The summed E-state index contributed by atoms with van der Waals surface area (Å²) in [6, 6.07) is 11.2. The molecule has 23 heavy (non-hydrogen) atoms. The van der Waals surface area contributed by atoms with Crippen LogP contribution in [0.1, 0.15) is 10.4 Å². The van der Waals surface area contributed by atoms with Crippen LogP contribution >= 0.6 is 11.6 Å². The minimum atomic E-state index is -1.09. The quantitative estimate of drug-likeness (QED) is 0.847. The maximum atomic E-state index is 12.3. The van der Waals surface area contributed by atoms with Gasteiger partial charge in [-0.3, -0.25) is 4.79 Å². The Morgan fingerprint density at radius 2 is 1.96 bits per heavy atom. The number of ether oxygens (including phenoxy) is 2. The average molecular weight is 336 g/mol. The van der Waals surface area contributed by atoms with Crippen molar-refractivity contribution in [2.24, 2.45) is 0 Å². The molecule has 0 aliphatic rings. The van der Waals surface area contributed by atoms with Gasteiger partial charge >= 0.3 is 5.97 Å². The van der Waals surface area contributed by atoms with Crippen molar-refractivity contribution in [3.63, 3.8) is 0 Å². The Morgan fingerprint density at radius 1 is 1.22 bits per heavy atom. The third-order valence-corrected chi connectivity index (χ3v) is 3.18. The predicted octanol–water partition coefficient (Wildman–Crippen LogP) is 3.06. The third kappa shape index (κ3) is 4.37. The number of carbonyl (C=O) groups excluding carboxylic acids is 1. The smallest absolute Gasteiger partial charge is 0.341 e. The van der Waals surface area contributed by atoms with Gasteiger partial charge in [-0.25, -0.2) is 4.79 Å². The minimum Gasteiger partial charge on any atom is -0.493 e. The lowest BCUT2D eigenvalue weighted by Crippen LogP contribution is -2.13. The lowest BCUT2D eigenvalue weighted by Gasteiger charge is -2.12. The van der Waals surface area contributed by atoms with Crippen molar-refractivity contribution in [3.05, 3.63) is 53.1 Å². The van der Waals surface area contributed by atoms with E-state index in [-0.39, 0.29) is 5.75 Å². The first-order chi connectivity index (χ1) is 11.0. The molecular weight excluding hydrogens is 322 g/mol. The zero-order valence-electron chi connectivity index (χ0n) is 12.2. The first kappa shape index (κ1) is 16.6. The van der Waals surface area contributed by atoms with Crippen LogP contribution in [0.4, 0.5) is 5.69 Å². The molecule has 120 valence electrons. The summed E-state index contributed by atoms with van der Waals surface area (Å²) in [4.78, 5) is 22.8. The largest absolute Gasteiger partial charge is 0.493 e. The molecule has 0 aliphatic carbocycles. The number of benzene rings is 2. The number of carbonyl (C=O) groups is 2. The first-order valence-electron chi connectivity index (χ1n) is 6.59. The number of amides is 1. The molecule has 0 bridgehead atoms. The molecule has 0 aromatic heterocycles. The number of carboxylic acid groups (broad SMARTS) is 1. The molecule has 0 radical (unpaired) electrons. The highest BCUT2D eigenvalue weighted by Crippen LogP contribution is 2.32. The highest BCUT2D eigenvalue weighted by atomic mass is 35.5. The van der Waals surface area contributed by atoms with E-state index in [4.69, 9.17) is 26.2 Å². The number of hydrogen-bond acceptors (Lipinski definition) is 4. The Morgan fingerprint density at radius 3 is 2.65 bits per heavy atom. The highest BCUT2D eigenvalue weighted by molar-refractivity contribution is 6.32. The fourth-order valence-corrected chi connectivity index (χ4v) is 2.13. The molecule has 2 aromatic carbocycles. The Bertz CT molecular complexity index is 732. The third-order valence-electron chi connectivity index (χ3n) is 2.88. The molecule has 2 rings (SSSR count). The maximum absolute atomic E-state index is 12.3. The predicted molar refractivity (Wildman–Crippen MR) is 85.5 cm³/mol. The molecule has 0 spiro atoms. The second kappa shape index (κ2) is 7.51. The van der Waals surface area contributed by atoms with Gasteiger partial charge in [0.25, 0.3) is 5.91 Å². The Balaban J connectivity index is 2.16. The molecular formula is C16H14ClNO5. The summed E-state index contributed by atoms with van der Waals surface area (Å²) in [5.41, 5.74) is 0.747. The average Bonchev–Trinajstić information content (AvgIpc) is 2.53. The number of halogens is 1. The fourth-order valence-electron chi connectivity index (χ4n) is 1.88. The van der Waals surface area contributed by atoms with Crippen molar-refractivity contribution in [2.45, 2.75) is 0 Å². The number of hydrogen-bond donors (Lipinski definition) is 2. The van der Waals surface area contributed by atoms with Crippen LogP contribution in [0.5, 0.6) is 11.5 Å². The zero-order valence-corrected chi connectivity index (χ0v) is 13.0. The number of para-hydroxylation sites is 1. The van der Waals surface area contributed by atoms with Crippen LogP contribution in [0.3, 0.4) is 0 Å². The van der Waals surface area contributed by atoms with Gasteiger partial charge in [0.15, 0.2) is 12.4 Å². The molecule has 0 heterocycles. The molecule has 2 N–H and O–H groups in total. The van der Waals surface area contributed by atoms with E-state index in [9.17, 15) is 9.59 Å². The van der Waals surface area contributed by atoms with Crippen molar-refractivity contribution >= 4 is 29.2 Å². The molecule has 0 aliphatic heterocycles. The zero-order chi connectivity index (χ0) is 16.8. The Kier molecular flexibility index (Phi) is 5.43. The van der Waals surface area contributed by atoms with Crippen LogP contribution in [0.15, 0.2) is 42.5 Å². The highest BCUT2D eigenvalue weighted by Gasteiger charge is 2.13. The summed E-state index contributed by atoms with van der Waals surface area (Å²) in [6.07, 6.45) is 0. The molecule has 0 atom stereocenters. The summed E-state index contributed by atoms with van der Waals surface area (Å²) in [6.45, 7) is -0.479. The number of carboxylic acids is 1. The SMILES string of the molecule is COc1c(Cl)cccc1NC(=O)c1cccc(OCC(=O)O)c1. The summed E-state index contributed by atoms with van der Waals surface area (Å²) in [5.74, 6) is -0.839. The van der Waals surface area contributed by atoms with E-state index in [1.807, 2.05) is 0 Å².